The smallest absolute Gasteiger partial charge is 0.246 e. The van der Waals surface area contributed by atoms with Crippen molar-refractivity contribution < 1.29 is 71.9 Å². The summed E-state index contributed by atoms with van der Waals surface area (Å²) in [5, 5.41) is 34.8. The fourth-order valence-corrected chi connectivity index (χ4v) is 16.1. The van der Waals surface area contributed by atoms with E-state index in [2.05, 4.69) is 53.2 Å². The number of guanidine groups is 1. The number of thioether (sulfide) groups is 1. The molecule has 0 bridgehead atoms. The van der Waals surface area contributed by atoms with E-state index in [4.69, 9.17) is 39.8 Å². The number of primary amides is 3. The van der Waals surface area contributed by atoms with Crippen LogP contribution in [0.4, 0.5) is 0 Å². The lowest BCUT2D eigenvalue weighted by molar-refractivity contribution is -0.144. The summed E-state index contributed by atoms with van der Waals surface area (Å²) >= 11 is 1.46. The van der Waals surface area contributed by atoms with Crippen molar-refractivity contribution in [1.29, 1.82) is 5.41 Å². The van der Waals surface area contributed by atoms with Crippen molar-refractivity contribution in [3.63, 3.8) is 0 Å². The Hall–Kier alpha value is -11.5. The van der Waals surface area contributed by atoms with Crippen LogP contribution < -0.4 is 87.6 Å². The van der Waals surface area contributed by atoms with Crippen molar-refractivity contribution in [3.8, 4) is 11.1 Å². The monoisotopic (exact) mass is 1660 g/mol. The van der Waals surface area contributed by atoms with Crippen LogP contribution in [0, 0.1) is 11.3 Å². The molecule has 0 saturated carbocycles. The Morgan fingerprint density at radius 3 is 1.43 bits per heavy atom. The predicted octanol–water partition coefficient (Wildman–Crippen LogP) is -1.21. The van der Waals surface area contributed by atoms with Gasteiger partial charge in [0.25, 0.3) is 0 Å². The number of carbonyl (C=O) groups is 15. The molecule has 3 heterocycles. The molecule has 0 radical (unpaired) electrons. The first-order valence-corrected chi connectivity index (χ1v) is 42.1. The molecule has 1 aliphatic carbocycles. The van der Waals surface area contributed by atoms with Gasteiger partial charge in [-0.2, -0.15) is 11.8 Å². The minimum atomic E-state index is -1.71. The van der Waals surface area contributed by atoms with Gasteiger partial charge in [-0.15, -0.1) is 0 Å². The molecule has 0 unspecified atom stereocenters. The van der Waals surface area contributed by atoms with Crippen LogP contribution in [0.1, 0.15) is 151 Å². The molecule has 12 atom stereocenters. The molecule has 3 saturated heterocycles. The highest BCUT2D eigenvalue weighted by Crippen LogP contribution is 2.46. The third-order valence-corrected chi connectivity index (χ3v) is 22.3. The van der Waals surface area contributed by atoms with E-state index in [0.717, 1.165) is 11.1 Å². The number of rotatable bonds is 46. The van der Waals surface area contributed by atoms with Crippen LogP contribution in [0.2, 0.25) is 0 Å². The number of nitrogens with zero attached hydrogens (tertiary/aromatic N) is 3. The van der Waals surface area contributed by atoms with Crippen LogP contribution in [0.3, 0.4) is 0 Å². The fourth-order valence-electron chi connectivity index (χ4n) is 15.6. The summed E-state index contributed by atoms with van der Waals surface area (Å²) in [4.78, 5) is 218. The second-order valence-electron chi connectivity index (χ2n) is 31.0. The lowest BCUT2D eigenvalue weighted by atomic mass is 9.88. The first-order valence-electron chi connectivity index (χ1n) is 40.7. The van der Waals surface area contributed by atoms with Crippen molar-refractivity contribution in [3.05, 3.63) is 131 Å². The lowest BCUT2D eigenvalue weighted by Gasteiger charge is -2.32. The molecule has 4 aromatic carbocycles. The SMILES string of the molecule is CSCC[C@H](NC(=O)[C@H](CC(C)C)NC(=O)CNC(=O)[C@@H]1CCCN1C(=O)[C@H](Cc1ccccc1)NC(=O)[C@@H](NC(=O)[C@H](Cc1ccccc1)NC(=O)[C@H](CCC(N)=O)NC(=O)[C@H](CCC(N)=O)NC(=O)[C@@H]1CCCN1C(=O)[C@H](CCCCN)NC(=O)[C@@H]1CCCN1C(=O)[C@@H](N)CCCNC(=N)N)C1c2ccccc2-c2ccccc21)C(N)=O. The van der Waals surface area contributed by atoms with Gasteiger partial charge in [0.2, 0.25) is 88.6 Å². The molecule has 119 heavy (non-hydrogen) atoms. The lowest BCUT2D eigenvalue weighted by Crippen LogP contribution is -2.61. The van der Waals surface area contributed by atoms with Gasteiger partial charge in [-0.05, 0) is 154 Å². The summed E-state index contributed by atoms with van der Waals surface area (Å²) < 4.78 is 0. The average molecular weight is 1670 g/mol. The Morgan fingerprint density at radius 2 is 0.916 bits per heavy atom. The first-order chi connectivity index (χ1) is 57.0. The Labute approximate surface area is 696 Å². The second kappa shape index (κ2) is 46.0. The molecule has 0 spiro atoms. The van der Waals surface area contributed by atoms with Crippen LogP contribution in [0.15, 0.2) is 109 Å². The maximum absolute atomic E-state index is 16.0. The normalized spacial score (nSPS) is 17.7. The minimum absolute atomic E-state index is 0.0506. The van der Waals surface area contributed by atoms with E-state index in [1.807, 2.05) is 44.4 Å². The third-order valence-electron chi connectivity index (χ3n) is 21.7. The first kappa shape index (κ1) is 93.0. The summed E-state index contributed by atoms with van der Waals surface area (Å²) in [6.07, 6.45) is 3.32. The summed E-state index contributed by atoms with van der Waals surface area (Å²) in [5.41, 5.74) is 38.3. The molecule has 4 aliphatic rings. The maximum Gasteiger partial charge on any atom is 0.246 e. The number of amides is 15. The topological polar surface area (TPSA) is 566 Å². The zero-order valence-electron chi connectivity index (χ0n) is 67.7. The van der Waals surface area contributed by atoms with Gasteiger partial charge in [-0.25, -0.2) is 0 Å². The van der Waals surface area contributed by atoms with E-state index in [-0.39, 0.29) is 95.8 Å². The van der Waals surface area contributed by atoms with Crippen LogP contribution >= 0.6 is 11.8 Å². The van der Waals surface area contributed by atoms with Gasteiger partial charge < -0.3 is 102 Å². The predicted molar refractivity (Wildman–Crippen MR) is 445 cm³/mol. The number of benzene rings is 4. The third kappa shape index (κ3) is 27.0. The van der Waals surface area contributed by atoms with Gasteiger partial charge in [0.05, 0.1) is 12.6 Å². The molecular formula is C83H116N20O15S. The van der Waals surface area contributed by atoms with Crippen molar-refractivity contribution in [2.24, 2.45) is 40.3 Å². The number of fused-ring (bicyclic) bond motifs is 3. The molecule has 4 aromatic rings. The molecule has 8 rings (SSSR count). The Bertz CT molecular complexity index is 4210. The molecule has 3 fully saturated rings. The second-order valence-corrected chi connectivity index (χ2v) is 32.0. The zero-order valence-corrected chi connectivity index (χ0v) is 68.5. The van der Waals surface area contributed by atoms with E-state index in [1.54, 1.807) is 84.9 Å². The molecular weight excluding hydrogens is 1550 g/mol. The van der Waals surface area contributed by atoms with Crippen molar-refractivity contribution in [2.75, 3.05) is 51.3 Å². The number of hydrogen-bond donors (Lipinski definition) is 17. The van der Waals surface area contributed by atoms with Gasteiger partial charge in [0, 0.05) is 57.8 Å². The number of nitrogens with one attached hydrogen (secondary N) is 11. The molecule has 3 aliphatic heterocycles. The minimum Gasteiger partial charge on any atom is -0.370 e. The molecule has 15 amide bonds. The van der Waals surface area contributed by atoms with Crippen LogP contribution in [-0.2, 0) is 84.8 Å². The average Bonchev–Trinajstić information content (AvgIpc) is 1.60. The summed E-state index contributed by atoms with van der Waals surface area (Å²) in [7, 11) is 0. The van der Waals surface area contributed by atoms with Gasteiger partial charge >= 0.3 is 0 Å². The van der Waals surface area contributed by atoms with Crippen LogP contribution in [0.5, 0.6) is 0 Å². The quantitative estimate of drug-likeness (QED) is 0.0140. The van der Waals surface area contributed by atoms with E-state index < -0.39 is 199 Å². The summed E-state index contributed by atoms with van der Waals surface area (Å²) in [6.45, 7) is 4.01. The van der Waals surface area contributed by atoms with E-state index in [0.29, 0.717) is 73.1 Å². The van der Waals surface area contributed by atoms with Gasteiger partial charge in [-0.1, -0.05) is 123 Å². The number of unbranched alkanes of at least 4 members (excludes halogenated alkanes) is 1. The number of carbonyl (C=O) groups excluding carboxylic acids is 15. The highest BCUT2D eigenvalue weighted by atomic mass is 32.2. The zero-order chi connectivity index (χ0) is 86.4. The summed E-state index contributed by atoms with van der Waals surface area (Å²) in [5.74, 6) is -12.4. The van der Waals surface area contributed by atoms with Gasteiger partial charge in [-0.3, -0.25) is 77.3 Å². The Balaban J connectivity index is 1.04. The van der Waals surface area contributed by atoms with E-state index in [9.17, 15) is 52.7 Å². The number of nitrogens with two attached hydrogens (primary N) is 6. The largest absolute Gasteiger partial charge is 0.370 e. The van der Waals surface area contributed by atoms with Crippen molar-refractivity contribution in [1.82, 2.24) is 67.9 Å². The Kier molecular flexibility index (Phi) is 35.9. The summed E-state index contributed by atoms with van der Waals surface area (Å²) in [6, 6.07) is 16.2. The highest BCUT2D eigenvalue weighted by Gasteiger charge is 2.46. The van der Waals surface area contributed by atoms with Crippen molar-refractivity contribution in [2.45, 2.75) is 214 Å². The van der Waals surface area contributed by atoms with E-state index >= 15 is 19.2 Å². The number of likely N-dealkylation sites (tertiary alicyclic amines) is 3. The molecule has 644 valence electrons. The fraction of sp³-hybridized carbons (Fsp3) is 0.518. The maximum atomic E-state index is 16.0. The van der Waals surface area contributed by atoms with E-state index in [1.165, 1.54) is 26.5 Å². The molecule has 23 N–H and O–H groups in total. The van der Waals surface area contributed by atoms with Crippen LogP contribution in [-0.4, -0.2) is 233 Å². The molecule has 0 aromatic heterocycles. The van der Waals surface area contributed by atoms with Gasteiger partial charge in [0.1, 0.15) is 66.5 Å². The Morgan fingerprint density at radius 1 is 0.462 bits per heavy atom. The molecule has 36 heteroatoms. The molecule has 35 nitrogen and oxygen atoms in total. The number of hydrogen-bond acceptors (Lipinski definition) is 19. The van der Waals surface area contributed by atoms with Crippen LogP contribution in [0.25, 0.3) is 11.1 Å². The standard InChI is InChI=1S/C83H116N20O15S/c1-48(2)44-60(74(110)94-56(71(88)107)37-43-119-3)93-68(106)47-92-76(112)63-30-17-41-102(63)82(118)62(46-50-22-8-5-9-23-50)99-79(115)70(69-53-26-12-10-24-51(53)52-25-11-13-27-54(52)69)100-75(111)61(45-49-20-6-4-7-21-49)98-73(109)57(33-35-66(86)104)95-72(108)58(34-36-67(87)105)96-77(113)65-32-19-42-103(65)81(117)59(29-14-15-38-84)97-78(114)64-31-18-40-101(64)80(116)55(85)28-16-39-91-83(89)90/h4-13,20-27,48,55-65,69-70H,14-19,28-47,84-85H2,1-3H3,(H2,86,104)(H2,87,105)(H2,88,107)(H,92,112)(H,93,106)(H,94,110)(H,95,108)(H,96,113)(H,97,114)(H,98,109)(H,99,115)(H,100,111)(H4,89,90,91)/t55-,56-,57-,58-,59-,60-,61-,62-,63-,64-,65-,70-/m0/s1. The van der Waals surface area contributed by atoms with Crippen molar-refractivity contribution >= 4 is 106 Å². The highest BCUT2D eigenvalue weighted by molar-refractivity contribution is 7.98. The van der Waals surface area contributed by atoms with Gasteiger partial charge in [0.15, 0.2) is 5.96 Å².